The Morgan fingerprint density at radius 2 is 1.88 bits per heavy atom. The summed E-state index contributed by atoms with van der Waals surface area (Å²) in [4.78, 5) is 42.5. The SMILES string of the molecule is NC(=O)c1cc(-c2cc(NC(=O)C3CC3)ncn2)ccc1C(=O)O. The Morgan fingerprint density at radius 1 is 1.12 bits per heavy atom. The first-order chi connectivity index (χ1) is 11.5. The van der Waals surface area contributed by atoms with Crippen molar-refractivity contribution in [3.63, 3.8) is 0 Å². The fourth-order valence-corrected chi connectivity index (χ4v) is 2.25. The molecule has 1 aliphatic carbocycles. The van der Waals surface area contributed by atoms with Crippen molar-refractivity contribution in [3.05, 3.63) is 41.7 Å². The topological polar surface area (TPSA) is 135 Å². The fraction of sp³-hybridized carbons (Fsp3) is 0.188. The number of hydrogen-bond acceptors (Lipinski definition) is 5. The normalized spacial score (nSPS) is 13.3. The van der Waals surface area contributed by atoms with Gasteiger partial charge < -0.3 is 16.2 Å². The number of carbonyl (C=O) groups is 3. The van der Waals surface area contributed by atoms with Crippen LogP contribution in [0.1, 0.15) is 33.6 Å². The molecule has 122 valence electrons. The number of amides is 2. The maximum Gasteiger partial charge on any atom is 0.336 e. The van der Waals surface area contributed by atoms with Gasteiger partial charge >= 0.3 is 5.97 Å². The number of aromatic nitrogens is 2. The fourth-order valence-electron chi connectivity index (χ4n) is 2.25. The van der Waals surface area contributed by atoms with Crippen LogP contribution in [0.3, 0.4) is 0 Å². The van der Waals surface area contributed by atoms with Crippen molar-refractivity contribution in [3.8, 4) is 11.3 Å². The van der Waals surface area contributed by atoms with Crippen LogP contribution in [0.2, 0.25) is 0 Å². The molecule has 2 aromatic rings. The lowest BCUT2D eigenvalue weighted by Gasteiger charge is -2.08. The average molecular weight is 326 g/mol. The monoisotopic (exact) mass is 326 g/mol. The molecule has 0 atom stereocenters. The molecule has 1 heterocycles. The highest BCUT2D eigenvalue weighted by Crippen LogP contribution is 2.30. The second-order valence-electron chi connectivity index (χ2n) is 5.48. The lowest BCUT2D eigenvalue weighted by molar-refractivity contribution is -0.117. The number of nitrogens with two attached hydrogens (primary N) is 1. The van der Waals surface area contributed by atoms with Crippen LogP contribution in [0.4, 0.5) is 5.82 Å². The van der Waals surface area contributed by atoms with E-state index in [4.69, 9.17) is 10.8 Å². The third kappa shape index (κ3) is 3.22. The van der Waals surface area contributed by atoms with E-state index in [-0.39, 0.29) is 23.0 Å². The Bertz CT molecular complexity index is 846. The standard InChI is InChI=1S/C16H14N4O4/c17-14(21)11-5-9(3-4-10(11)16(23)24)12-6-13(19-7-18-12)20-15(22)8-1-2-8/h3-8H,1-2H2,(H2,17,21)(H,23,24)(H,18,19,20,22). The molecule has 0 bridgehead atoms. The largest absolute Gasteiger partial charge is 0.478 e. The summed E-state index contributed by atoms with van der Waals surface area (Å²) >= 11 is 0. The van der Waals surface area contributed by atoms with Crippen LogP contribution in [0, 0.1) is 5.92 Å². The summed E-state index contributed by atoms with van der Waals surface area (Å²) in [6, 6.07) is 5.73. The third-order valence-electron chi connectivity index (χ3n) is 3.68. The van der Waals surface area contributed by atoms with Crippen molar-refractivity contribution in [1.29, 1.82) is 0 Å². The van der Waals surface area contributed by atoms with Gasteiger partial charge in [-0.05, 0) is 25.0 Å². The second-order valence-corrected chi connectivity index (χ2v) is 5.48. The molecule has 1 fully saturated rings. The highest BCUT2D eigenvalue weighted by Gasteiger charge is 2.29. The molecule has 1 aromatic carbocycles. The lowest BCUT2D eigenvalue weighted by atomic mass is 10.0. The van der Waals surface area contributed by atoms with Gasteiger partial charge in [0.2, 0.25) is 11.8 Å². The average Bonchev–Trinajstić information content (AvgIpc) is 3.39. The molecule has 0 aliphatic heterocycles. The minimum absolute atomic E-state index is 0.0414. The maximum atomic E-state index is 11.8. The number of aromatic carboxylic acids is 1. The molecule has 8 heteroatoms. The molecule has 0 unspecified atom stereocenters. The number of nitrogens with zero attached hydrogens (tertiary/aromatic N) is 2. The molecule has 0 saturated heterocycles. The van der Waals surface area contributed by atoms with Crippen molar-refractivity contribution < 1.29 is 19.5 Å². The summed E-state index contributed by atoms with van der Waals surface area (Å²) in [6.07, 6.45) is 3.04. The second kappa shape index (κ2) is 6.07. The highest BCUT2D eigenvalue weighted by atomic mass is 16.4. The molecular formula is C16H14N4O4. The minimum atomic E-state index is -1.24. The van der Waals surface area contributed by atoms with Crippen molar-refractivity contribution in [1.82, 2.24) is 9.97 Å². The third-order valence-corrected chi connectivity index (χ3v) is 3.68. The van der Waals surface area contributed by atoms with E-state index in [9.17, 15) is 14.4 Å². The predicted octanol–water partition coefficient (Wildman–Crippen LogP) is 1.29. The zero-order chi connectivity index (χ0) is 17.3. The molecular weight excluding hydrogens is 312 g/mol. The summed E-state index contributed by atoms with van der Waals surface area (Å²) < 4.78 is 0. The molecule has 24 heavy (non-hydrogen) atoms. The Balaban J connectivity index is 1.93. The van der Waals surface area contributed by atoms with Crippen LogP contribution in [-0.4, -0.2) is 32.9 Å². The number of carboxylic acid groups (broad SMARTS) is 1. The zero-order valence-electron chi connectivity index (χ0n) is 12.5. The number of nitrogens with one attached hydrogen (secondary N) is 1. The van der Waals surface area contributed by atoms with Gasteiger partial charge in [0.1, 0.15) is 12.1 Å². The smallest absolute Gasteiger partial charge is 0.336 e. The van der Waals surface area contributed by atoms with E-state index >= 15 is 0 Å². The molecule has 8 nitrogen and oxygen atoms in total. The van der Waals surface area contributed by atoms with Gasteiger partial charge in [-0.25, -0.2) is 14.8 Å². The van der Waals surface area contributed by atoms with Crippen molar-refractivity contribution in [2.24, 2.45) is 11.7 Å². The minimum Gasteiger partial charge on any atom is -0.478 e. The number of benzene rings is 1. The Hall–Kier alpha value is -3.29. The van der Waals surface area contributed by atoms with Crippen LogP contribution in [0.5, 0.6) is 0 Å². The molecule has 2 amide bonds. The van der Waals surface area contributed by atoms with Gasteiger partial charge in [-0.2, -0.15) is 0 Å². The van der Waals surface area contributed by atoms with Crippen molar-refractivity contribution >= 4 is 23.6 Å². The van der Waals surface area contributed by atoms with E-state index in [0.717, 1.165) is 12.8 Å². The van der Waals surface area contributed by atoms with E-state index in [1.54, 1.807) is 6.07 Å². The first kappa shape index (κ1) is 15.6. The van der Waals surface area contributed by atoms with Crippen LogP contribution in [0.15, 0.2) is 30.6 Å². The summed E-state index contributed by atoms with van der Waals surface area (Å²) in [5.74, 6) is -1.78. The summed E-state index contributed by atoms with van der Waals surface area (Å²) in [6.45, 7) is 0. The lowest BCUT2D eigenvalue weighted by Crippen LogP contribution is -2.16. The number of carboxylic acids is 1. The Labute approximate surface area is 136 Å². The zero-order valence-corrected chi connectivity index (χ0v) is 12.5. The van der Waals surface area contributed by atoms with Crippen LogP contribution < -0.4 is 11.1 Å². The first-order valence-corrected chi connectivity index (χ1v) is 7.26. The number of carbonyl (C=O) groups excluding carboxylic acids is 2. The molecule has 0 radical (unpaired) electrons. The van der Waals surface area contributed by atoms with Gasteiger partial charge in [-0.3, -0.25) is 9.59 Å². The Morgan fingerprint density at radius 3 is 2.50 bits per heavy atom. The van der Waals surface area contributed by atoms with Gasteiger partial charge in [-0.15, -0.1) is 0 Å². The Kier molecular flexibility index (Phi) is 3.95. The van der Waals surface area contributed by atoms with E-state index in [2.05, 4.69) is 15.3 Å². The number of hydrogen-bond donors (Lipinski definition) is 3. The molecule has 4 N–H and O–H groups in total. The maximum absolute atomic E-state index is 11.8. The molecule has 1 aliphatic rings. The first-order valence-electron chi connectivity index (χ1n) is 7.26. The van der Waals surface area contributed by atoms with Gasteiger partial charge in [0.15, 0.2) is 0 Å². The van der Waals surface area contributed by atoms with Crippen LogP contribution in [-0.2, 0) is 4.79 Å². The number of primary amides is 1. The number of anilines is 1. The van der Waals surface area contributed by atoms with E-state index < -0.39 is 11.9 Å². The summed E-state index contributed by atoms with van der Waals surface area (Å²) in [5, 5.41) is 11.8. The van der Waals surface area contributed by atoms with Crippen molar-refractivity contribution in [2.45, 2.75) is 12.8 Å². The predicted molar refractivity (Wildman–Crippen MR) is 84.3 cm³/mol. The van der Waals surface area contributed by atoms with E-state index in [1.165, 1.54) is 24.5 Å². The molecule has 0 spiro atoms. The van der Waals surface area contributed by atoms with Gasteiger partial charge in [-0.1, -0.05) is 6.07 Å². The molecule has 1 aromatic heterocycles. The van der Waals surface area contributed by atoms with Crippen LogP contribution >= 0.6 is 0 Å². The highest BCUT2D eigenvalue weighted by molar-refractivity contribution is 6.05. The van der Waals surface area contributed by atoms with E-state index in [0.29, 0.717) is 17.1 Å². The van der Waals surface area contributed by atoms with Crippen LogP contribution in [0.25, 0.3) is 11.3 Å². The molecule has 3 rings (SSSR count). The van der Waals surface area contributed by atoms with Gasteiger partial charge in [0.25, 0.3) is 0 Å². The number of rotatable bonds is 5. The molecule has 1 saturated carbocycles. The van der Waals surface area contributed by atoms with Gasteiger partial charge in [0.05, 0.1) is 16.8 Å². The summed E-state index contributed by atoms with van der Waals surface area (Å²) in [5.41, 5.74) is 5.89. The quantitative estimate of drug-likeness (QED) is 0.757. The van der Waals surface area contributed by atoms with Gasteiger partial charge in [0, 0.05) is 17.5 Å². The summed E-state index contributed by atoms with van der Waals surface area (Å²) in [7, 11) is 0. The van der Waals surface area contributed by atoms with E-state index in [1.807, 2.05) is 0 Å². The van der Waals surface area contributed by atoms with Crippen molar-refractivity contribution in [2.75, 3.05) is 5.32 Å².